The highest BCUT2D eigenvalue weighted by Crippen LogP contribution is 2.30. The van der Waals surface area contributed by atoms with Crippen LogP contribution in [0.15, 0.2) is 0 Å². The van der Waals surface area contributed by atoms with E-state index in [-0.39, 0.29) is 19.7 Å². The average molecular weight is 388 g/mol. The van der Waals surface area contributed by atoms with Crippen molar-refractivity contribution in [3.05, 3.63) is 0 Å². The Labute approximate surface area is 108 Å². The molecule has 0 spiro atoms. The quantitative estimate of drug-likeness (QED) is 0.323. The number of rotatable bonds is 4. The van der Waals surface area contributed by atoms with Gasteiger partial charge in [0.15, 0.2) is 0 Å². The minimum atomic E-state index is -5.31. The van der Waals surface area contributed by atoms with Crippen LogP contribution in [0.3, 0.4) is 0 Å². The molecule has 0 aliphatic carbocycles. The van der Waals surface area contributed by atoms with E-state index in [1.54, 1.807) is 0 Å². The summed E-state index contributed by atoms with van der Waals surface area (Å²) in [5.41, 5.74) is 0. The topological polar surface area (TPSA) is 217 Å². The van der Waals surface area contributed by atoms with Crippen molar-refractivity contribution in [1.82, 2.24) is 0 Å². The Morgan fingerprint density at radius 2 is 0.667 bits per heavy atom. The SMILES string of the molecule is O=S(=O)(O)S(=O)(=O)O.O=S(=O)(O)SSS(=O)(=O)O. The lowest BCUT2D eigenvalue weighted by atomic mass is 15.9. The van der Waals surface area contributed by atoms with Gasteiger partial charge in [-0.3, -0.25) is 18.2 Å². The molecule has 0 aliphatic heterocycles. The molecule has 0 heterocycles. The van der Waals surface area contributed by atoms with Gasteiger partial charge in [-0.15, -0.1) is 0 Å². The third kappa shape index (κ3) is 14.4. The summed E-state index contributed by atoms with van der Waals surface area (Å²) in [5, 5.41) is 0. The Hall–Kier alpha value is 0.340. The average Bonchev–Trinajstić information content (AvgIpc) is 1.95. The molecule has 112 valence electrons. The smallest absolute Gasteiger partial charge is 0.277 e. The summed E-state index contributed by atoms with van der Waals surface area (Å²) in [4.78, 5) is 0. The van der Waals surface area contributed by atoms with Crippen molar-refractivity contribution >= 4 is 56.3 Å². The molecule has 0 aliphatic rings. The van der Waals surface area contributed by atoms with Crippen LogP contribution < -0.4 is 0 Å². The van der Waals surface area contributed by atoms with E-state index >= 15 is 0 Å². The van der Waals surface area contributed by atoms with Gasteiger partial charge in [0.1, 0.15) is 0 Å². The van der Waals surface area contributed by atoms with Crippen LogP contribution in [0.2, 0.25) is 0 Å². The molecular formula is H4O12S6. The van der Waals surface area contributed by atoms with Gasteiger partial charge in [-0.05, 0) is 0 Å². The first-order valence-corrected chi connectivity index (χ1v) is 12.2. The number of hydrogen-bond donors (Lipinski definition) is 4. The molecule has 12 nitrogen and oxygen atoms in total. The molecule has 0 fully saturated rings. The van der Waals surface area contributed by atoms with Gasteiger partial charge in [0, 0.05) is 0 Å². The predicted molar refractivity (Wildman–Crippen MR) is 61.4 cm³/mol. The van der Waals surface area contributed by atoms with Crippen LogP contribution in [-0.4, -0.2) is 51.9 Å². The Balaban J connectivity index is 0. The molecule has 0 aromatic carbocycles. The zero-order chi connectivity index (χ0) is 15.4. The minimum absolute atomic E-state index is 0.353. The van der Waals surface area contributed by atoms with E-state index in [0.717, 1.165) is 0 Å². The summed E-state index contributed by atoms with van der Waals surface area (Å²) in [6.45, 7) is 0. The van der Waals surface area contributed by atoms with Crippen LogP contribution in [0.25, 0.3) is 0 Å². The lowest BCUT2D eigenvalue weighted by molar-refractivity contribution is 0.460. The first-order chi connectivity index (χ1) is 7.46. The van der Waals surface area contributed by atoms with Crippen molar-refractivity contribution in [1.29, 1.82) is 0 Å². The Kier molecular flexibility index (Phi) is 7.66. The normalized spacial score (nSPS) is 13.6. The van der Waals surface area contributed by atoms with Gasteiger partial charge >= 0.3 is 36.6 Å². The lowest BCUT2D eigenvalue weighted by Gasteiger charge is -1.89. The van der Waals surface area contributed by atoms with Crippen molar-refractivity contribution in [3.63, 3.8) is 0 Å². The van der Waals surface area contributed by atoms with Crippen LogP contribution >= 0.6 is 19.7 Å². The molecular weight excluding hydrogens is 384 g/mol. The second kappa shape index (κ2) is 6.67. The second-order valence-corrected chi connectivity index (χ2v) is 13.9. The monoisotopic (exact) mass is 388 g/mol. The maximum absolute atomic E-state index is 9.80. The molecule has 0 aromatic rings. The van der Waals surface area contributed by atoms with Gasteiger partial charge in [0.25, 0.3) is 0 Å². The molecule has 0 aromatic heterocycles. The van der Waals surface area contributed by atoms with Gasteiger partial charge in [-0.1, -0.05) is 0 Å². The van der Waals surface area contributed by atoms with Crippen molar-refractivity contribution in [2.45, 2.75) is 0 Å². The van der Waals surface area contributed by atoms with Crippen molar-refractivity contribution in [2.75, 3.05) is 0 Å². The Morgan fingerprint density at radius 1 is 0.500 bits per heavy atom. The molecule has 18 heteroatoms. The lowest BCUT2D eigenvalue weighted by Crippen LogP contribution is -2.11. The fourth-order valence-corrected chi connectivity index (χ4v) is 5.69. The minimum Gasteiger partial charge on any atom is -0.277 e. The fourth-order valence-electron chi connectivity index (χ4n) is 0.0702. The maximum atomic E-state index is 9.80. The second-order valence-electron chi connectivity index (χ2n) is 1.85. The van der Waals surface area contributed by atoms with Gasteiger partial charge in [0.05, 0.1) is 19.7 Å². The third-order valence-electron chi connectivity index (χ3n) is 0.466. The predicted octanol–water partition coefficient (Wildman–Crippen LogP) is -1.35. The molecule has 0 atom stereocenters. The highest BCUT2D eigenvalue weighted by atomic mass is 33.7. The summed E-state index contributed by atoms with van der Waals surface area (Å²) in [5.74, 6) is 0. The standard InChI is InChI=1S/H2O6S4.H2O6S2/c1-9(2,3)7-8-10(4,5)6;1-7(2,3)8(4,5)6/h(H,1,2,3)(H,4,5,6);(H,1,2,3)(H,4,5,6). The van der Waals surface area contributed by atoms with E-state index in [4.69, 9.17) is 18.2 Å². The summed E-state index contributed by atoms with van der Waals surface area (Å²) >= 11 is 0. The van der Waals surface area contributed by atoms with Crippen LogP contribution in [-0.2, 0) is 36.6 Å². The Bertz CT molecular complexity index is 589. The molecule has 0 saturated carbocycles. The van der Waals surface area contributed by atoms with Gasteiger partial charge in [0.2, 0.25) is 0 Å². The van der Waals surface area contributed by atoms with Gasteiger partial charge in [-0.25, -0.2) is 0 Å². The Morgan fingerprint density at radius 3 is 0.722 bits per heavy atom. The molecule has 0 bridgehead atoms. The molecule has 0 amide bonds. The highest BCUT2D eigenvalue weighted by Gasteiger charge is 2.22. The molecule has 0 saturated heterocycles. The van der Waals surface area contributed by atoms with Gasteiger partial charge < -0.3 is 0 Å². The van der Waals surface area contributed by atoms with E-state index < -0.39 is 36.6 Å². The van der Waals surface area contributed by atoms with E-state index in [1.165, 1.54) is 0 Å². The summed E-state index contributed by atoms with van der Waals surface area (Å²) in [7, 11) is -20.2. The zero-order valence-corrected chi connectivity index (χ0v) is 12.4. The highest BCUT2D eigenvalue weighted by molar-refractivity contribution is 9.21. The van der Waals surface area contributed by atoms with Gasteiger partial charge in [-0.2, -0.15) is 33.7 Å². The van der Waals surface area contributed by atoms with E-state index in [1.807, 2.05) is 0 Å². The van der Waals surface area contributed by atoms with Crippen molar-refractivity contribution in [3.8, 4) is 0 Å². The number of hydrogen-bond acceptors (Lipinski definition) is 10. The largest absolute Gasteiger partial charge is 0.397 e. The first-order valence-electron chi connectivity index (χ1n) is 2.73. The molecule has 0 radical (unpaired) electrons. The molecule has 18 heavy (non-hydrogen) atoms. The summed E-state index contributed by atoms with van der Waals surface area (Å²) in [6, 6.07) is 0. The fraction of sp³-hybridized carbons (Fsp3) is 0. The summed E-state index contributed by atoms with van der Waals surface area (Å²) < 4.78 is 107. The van der Waals surface area contributed by atoms with Crippen LogP contribution in [0.1, 0.15) is 0 Å². The third-order valence-corrected chi connectivity index (χ3v) is 9.29. The van der Waals surface area contributed by atoms with E-state index in [2.05, 4.69) is 0 Å². The first kappa shape index (κ1) is 20.7. The molecule has 0 unspecified atom stereocenters. The van der Waals surface area contributed by atoms with Crippen LogP contribution in [0.5, 0.6) is 0 Å². The van der Waals surface area contributed by atoms with Crippen LogP contribution in [0.4, 0.5) is 0 Å². The maximum Gasteiger partial charge on any atom is 0.397 e. The molecule has 0 rings (SSSR count). The summed E-state index contributed by atoms with van der Waals surface area (Å²) in [6.07, 6.45) is 0. The van der Waals surface area contributed by atoms with Crippen LogP contribution in [0, 0.1) is 0 Å². The zero-order valence-electron chi connectivity index (χ0n) is 7.50. The van der Waals surface area contributed by atoms with Crippen molar-refractivity contribution in [2.24, 2.45) is 0 Å². The van der Waals surface area contributed by atoms with E-state index in [0.29, 0.717) is 0 Å². The van der Waals surface area contributed by atoms with Crippen molar-refractivity contribution < 1.29 is 51.9 Å². The molecule has 4 N–H and O–H groups in total. The van der Waals surface area contributed by atoms with E-state index in [9.17, 15) is 33.7 Å².